The standard InChI is InChI=1S/C41H42FN3O6Si/c1-26-39(52(2,3)42)36(21-37(47)43-23-29-13-5-4-12-28(29)20-31(43)24-46)51-41(26)32-15-6-7-16-33(32)44(40(41)49)22-27-11-10-14-30(19-27)45-34-17-8-9-18-35(34)50-25-38(45)48/h4-19,26,31,36,39,46H,20-25H2,1-3H3/t26-,31+,36+,39-,41+/m1/s1. The predicted octanol–water partition coefficient (Wildman–Crippen LogP) is 6.40. The molecule has 0 saturated carbocycles. The summed E-state index contributed by atoms with van der Waals surface area (Å²) in [6, 6.07) is 29.9. The lowest BCUT2D eigenvalue weighted by atomic mass is 9.82. The van der Waals surface area contributed by atoms with Crippen molar-refractivity contribution in [3.8, 4) is 5.75 Å². The Kier molecular flexibility index (Phi) is 8.55. The van der Waals surface area contributed by atoms with Crippen LogP contribution in [0.15, 0.2) is 97.1 Å². The van der Waals surface area contributed by atoms with Crippen LogP contribution in [-0.2, 0) is 44.2 Å². The molecule has 4 aliphatic rings. The van der Waals surface area contributed by atoms with Crippen molar-refractivity contribution in [2.45, 2.75) is 69.2 Å². The Bertz CT molecular complexity index is 2070. The summed E-state index contributed by atoms with van der Waals surface area (Å²) in [4.78, 5) is 47.1. The summed E-state index contributed by atoms with van der Waals surface area (Å²) in [5.41, 5.74) is 3.44. The van der Waals surface area contributed by atoms with Crippen molar-refractivity contribution >= 4 is 43.2 Å². The highest BCUT2D eigenvalue weighted by Gasteiger charge is 2.67. The molecular formula is C41H42FN3O6Si. The molecule has 268 valence electrons. The number of rotatable bonds is 7. The number of ether oxygens (including phenoxy) is 2. The summed E-state index contributed by atoms with van der Waals surface area (Å²) >= 11 is 0. The molecule has 52 heavy (non-hydrogen) atoms. The van der Waals surface area contributed by atoms with Crippen LogP contribution in [0.2, 0.25) is 18.6 Å². The van der Waals surface area contributed by atoms with Gasteiger partial charge in [0.2, 0.25) is 14.3 Å². The largest absolute Gasteiger partial charge is 0.482 e. The van der Waals surface area contributed by atoms with E-state index in [2.05, 4.69) is 0 Å². The van der Waals surface area contributed by atoms with Gasteiger partial charge in [0.25, 0.3) is 11.8 Å². The van der Waals surface area contributed by atoms with E-state index in [1.54, 1.807) is 27.8 Å². The molecular weight excluding hydrogens is 678 g/mol. The fraction of sp³-hybridized carbons (Fsp3) is 0.341. The van der Waals surface area contributed by atoms with Crippen LogP contribution in [0.4, 0.5) is 21.2 Å². The summed E-state index contributed by atoms with van der Waals surface area (Å²) in [5, 5.41) is 10.3. The van der Waals surface area contributed by atoms with Crippen molar-refractivity contribution in [3.63, 3.8) is 0 Å². The molecule has 0 unspecified atom stereocenters. The second-order valence-corrected chi connectivity index (χ2v) is 18.7. The fourth-order valence-corrected chi connectivity index (χ4v) is 11.5. The minimum Gasteiger partial charge on any atom is -0.482 e. The summed E-state index contributed by atoms with van der Waals surface area (Å²) in [5.74, 6) is -0.658. The smallest absolute Gasteiger partial charge is 0.269 e. The molecule has 9 nitrogen and oxygen atoms in total. The van der Waals surface area contributed by atoms with E-state index in [-0.39, 0.29) is 43.9 Å². The van der Waals surface area contributed by atoms with Gasteiger partial charge in [-0.2, -0.15) is 0 Å². The summed E-state index contributed by atoms with van der Waals surface area (Å²) in [7, 11) is -3.52. The van der Waals surface area contributed by atoms with Gasteiger partial charge in [-0.1, -0.05) is 73.7 Å². The number of anilines is 3. The summed E-state index contributed by atoms with van der Waals surface area (Å²) in [6.45, 7) is 5.41. The number of benzene rings is 4. The minimum atomic E-state index is -3.52. The van der Waals surface area contributed by atoms with Crippen LogP contribution >= 0.6 is 0 Å². The second kappa shape index (κ2) is 13.0. The van der Waals surface area contributed by atoms with E-state index in [4.69, 9.17) is 9.47 Å². The number of carbonyl (C=O) groups is 3. The lowest BCUT2D eigenvalue weighted by Gasteiger charge is -2.37. The molecule has 4 heterocycles. The Balaban J connectivity index is 1.10. The molecule has 8 rings (SSSR count). The van der Waals surface area contributed by atoms with Crippen molar-refractivity contribution in [1.29, 1.82) is 0 Å². The van der Waals surface area contributed by atoms with Gasteiger partial charge in [-0.15, -0.1) is 0 Å². The topological polar surface area (TPSA) is 99.6 Å². The third-order valence-corrected chi connectivity index (χ3v) is 13.8. The molecule has 11 heteroatoms. The van der Waals surface area contributed by atoms with E-state index in [0.29, 0.717) is 41.3 Å². The number of hydrogen-bond donors (Lipinski definition) is 1. The van der Waals surface area contributed by atoms with Crippen LogP contribution < -0.4 is 14.5 Å². The van der Waals surface area contributed by atoms with Crippen LogP contribution in [0.5, 0.6) is 5.75 Å². The monoisotopic (exact) mass is 719 g/mol. The highest BCUT2D eigenvalue weighted by molar-refractivity contribution is 6.72. The van der Waals surface area contributed by atoms with Gasteiger partial charge < -0.3 is 28.5 Å². The lowest BCUT2D eigenvalue weighted by Crippen LogP contribution is -2.48. The van der Waals surface area contributed by atoms with Crippen LogP contribution in [0.3, 0.4) is 0 Å². The van der Waals surface area contributed by atoms with Gasteiger partial charge in [0.1, 0.15) is 5.75 Å². The average Bonchev–Trinajstić information content (AvgIpc) is 3.57. The highest BCUT2D eigenvalue weighted by Crippen LogP contribution is 2.60. The first-order valence-corrected chi connectivity index (χ1v) is 20.9. The maximum absolute atomic E-state index is 16.5. The third kappa shape index (κ3) is 5.53. The maximum atomic E-state index is 16.5. The van der Waals surface area contributed by atoms with Crippen LogP contribution in [-0.4, -0.2) is 61.5 Å². The zero-order valence-corrected chi connectivity index (χ0v) is 30.5. The summed E-state index contributed by atoms with van der Waals surface area (Å²) in [6.07, 6.45) is -0.397. The van der Waals surface area contributed by atoms with Gasteiger partial charge in [-0.05, 0) is 66.5 Å². The Morgan fingerprint density at radius 3 is 2.42 bits per heavy atom. The number of aliphatic hydroxyl groups is 1. The molecule has 0 bridgehead atoms. The summed E-state index contributed by atoms with van der Waals surface area (Å²) < 4.78 is 29.0. The molecule has 1 N–H and O–H groups in total. The van der Waals surface area contributed by atoms with Gasteiger partial charge in [-0.3, -0.25) is 19.3 Å². The number of hydrogen-bond acceptors (Lipinski definition) is 6. The number of aliphatic hydroxyl groups excluding tert-OH is 1. The van der Waals surface area contributed by atoms with Gasteiger partial charge in [0.05, 0.1) is 43.1 Å². The van der Waals surface area contributed by atoms with E-state index in [1.807, 2.05) is 104 Å². The average molecular weight is 720 g/mol. The Morgan fingerprint density at radius 2 is 1.65 bits per heavy atom. The van der Waals surface area contributed by atoms with E-state index in [9.17, 15) is 19.5 Å². The third-order valence-electron chi connectivity index (χ3n) is 11.3. The molecule has 1 saturated heterocycles. The van der Waals surface area contributed by atoms with Gasteiger partial charge in [0.15, 0.2) is 12.2 Å². The van der Waals surface area contributed by atoms with E-state index < -0.39 is 37.6 Å². The molecule has 1 fully saturated rings. The molecule has 0 radical (unpaired) electrons. The molecule has 5 atom stereocenters. The van der Waals surface area contributed by atoms with Gasteiger partial charge in [-0.25, -0.2) is 0 Å². The van der Waals surface area contributed by atoms with Crippen LogP contribution in [0.1, 0.15) is 35.6 Å². The minimum absolute atomic E-state index is 0.0816. The number of fused-ring (bicyclic) bond motifs is 4. The van der Waals surface area contributed by atoms with Gasteiger partial charge >= 0.3 is 0 Å². The Labute approximate surface area is 303 Å². The normalized spacial score (nSPS) is 25.2. The second-order valence-electron chi connectivity index (χ2n) is 14.9. The first kappa shape index (κ1) is 34.3. The van der Waals surface area contributed by atoms with Crippen molar-refractivity contribution in [3.05, 3.63) is 119 Å². The van der Waals surface area contributed by atoms with Crippen molar-refractivity contribution in [2.75, 3.05) is 23.0 Å². The van der Waals surface area contributed by atoms with E-state index in [1.165, 1.54) is 0 Å². The molecule has 0 aliphatic carbocycles. The van der Waals surface area contributed by atoms with Crippen LogP contribution in [0.25, 0.3) is 0 Å². The molecule has 1 spiro atoms. The number of nitrogens with zero attached hydrogens (tertiary/aromatic N) is 3. The van der Waals surface area contributed by atoms with E-state index >= 15 is 4.11 Å². The lowest BCUT2D eigenvalue weighted by molar-refractivity contribution is -0.151. The molecule has 4 aromatic carbocycles. The zero-order valence-electron chi connectivity index (χ0n) is 29.5. The Hall–Kier alpha value is -4.84. The van der Waals surface area contributed by atoms with Crippen molar-refractivity contribution < 1.29 is 33.1 Å². The maximum Gasteiger partial charge on any atom is 0.269 e. The first-order valence-electron chi connectivity index (χ1n) is 17.9. The zero-order chi connectivity index (χ0) is 36.4. The number of para-hydroxylation sites is 3. The quantitative estimate of drug-likeness (QED) is 0.175. The number of amides is 3. The molecule has 3 amide bonds. The van der Waals surface area contributed by atoms with Crippen LogP contribution in [0, 0.1) is 5.92 Å². The fourth-order valence-electron chi connectivity index (χ4n) is 9.05. The first-order chi connectivity index (χ1) is 25.0. The SMILES string of the molecule is C[C@@H]1[C@@H]([Si](C)(C)F)[C@H](CC(=O)N2Cc3ccccc3C[C@H]2CO)O[C@@]12C(=O)N(Cc1cccc(N3C(=O)COc4ccccc43)c1)c1ccccc12. The Morgan fingerprint density at radius 1 is 0.942 bits per heavy atom. The van der Waals surface area contributed by atoms with Crippen molar-refractivity contribution in [2.24, 2.45) is 5.92 Å². The van der Waals surface area contributed by atoms with E-state index in [0.717, 1.165) is 16.7 Å². The van der Waals surface area contributed by atoms with Gasteiger partial charge in [0, 0.05) is 29.3 Å². The number of carbonyl (C=O) groups excluding carboxylic acids is 3. The van der Waals surface area contributed by atoms with Crippen molar-refractivity contribution in [1.82, 2.24) is 4.90 Å². The molecule has 4 aromatic rings. The molecule has 4 aliphatic heterocycles. The highest BCUT2D eigenvalue weighted by atomic mass is 28.4. The number of halogens is 1. The predicted molar refractivity (Wildman–Crippen MR) is 197 cm³/mol. The molecule has 0 aromatic heterocycles.